The van der Waals surface area contributed by atoms with Gasteiger partial charge in [-0.05, 0) is 54.1 Å². The zero-order valence-corrected chi connectivity index (χ0v) is 20.1. The van der Waals surface area contributed by atoms with Crippen molar-refractivity contribution in [1.82, 2.24) is 5.43 Å². The van der Waals surface area contributed by atoms with E-state index in [9.17, 15) is 24.5 Å². The zero-order chi connectivity index (χ0) is 27.6. The van der Waals surface area contributed by atoms with Gasteiger partial charge in [-0.2, -0.15) is 5.10 Å². The quantitative estimate of drug-likeness (QED) is 0.0794. The predicted molar refractivity (Wildman–Crippen MR) is 142 cm³/mol. The monoisotopic (exact) mass is 524 g/mol. The number of carbonyl (C=O) groups is 3. The number of nitrogens with zero attached hydrogens (tertiary/aromatic N) is 2. The molecular weight excluding hydrogens is 504 g/mol. The lowest BCUT2D eigenvalue weighted by molar-refractivity contribution is -0.384. The minimum absolute atomic E-state index is 0.0977. The SMILES string of the molecule is O=C(/C=C/c1cccc([N+](=O)[O-])c1)Oc1ccccc1C=NNC(=O)c1cccc(NC(=O)c2ccco2)c1. The van der Waals surface area contributed by atoms with Gasteiger partial charge in [0, 0.05) is 35.0 Å². The summed E-state index contributed by atoms with van der Waals surface area (Å²) in [6.07, 6.45) is 5.24. The number of hydrazone groups is 1. The number of hydrogen-bond acceptors (Lipinski definition) is 8. The van der Waals surface area contributed by atoms with Gasteiger partial charge in [-0.3, -0.25) is 19.7 Å². The third kappa shape index (κ3) is 7.33. The molecular formula is C28H20N4O7. The maximum Gasteiger partial charge on any atom is 0.336 e. The smallest absolute Gasteiger partial charge is 0.336 e. The maximum absolute atomic E-state index is 12.6. The number of anilines is 1. The highest BCUT2D eigenvalue weighted by atomic mass is 16.6. The van der Waals surface area contributed by atoms with E-state index in [4.69, 9.17) is 9.15 Å². The van der Waals surface area contributed by atoms with Crippen LogP contribution in [0, 0.1) is 10.1 Å². The number of ether oxygens (including phenoxy) is 1. The van der Waals surface area contributed by atoms with Gasteiger partial charge in [-0.15, -0.1) is 0 Å². The van der Waals surface area contributed by atoms with Crippen molar-refractivity contribution >= 4 is 41.4 Å². The summed E-state index contributed by atoms with van der Waals surface area (Å²) in [4.78, 5) is 47.4. The molecule has 2 amide bonds. The van der Waals surface area contributed by atoms with Crippen LogP contribution in [0.4, 0.5) is 11.4 Å². The van der Waals surface area contributed by atoms with E-state index in [2.05, 4.69) is 15.8 Å². The van der Waals surface area contributed by atoms with E-state index in [1.54, 1.807) is 54.6 Å². The highest BCUT2D eigenvalue weighted by molar-refractivity contribution is 6.03. The van der Waals surface area contributed by atoms with Gasteiger partial charge in [0.1, 0.15) is 5.75 Å². The Morgan fingerprint density at radius 3 is 2.54 bits per heavy atom. The first-order valence-electron chi connectivity index (χ1n) is 11.4. The van der Waals surface area contributed by atoms with Crippen LogP contribution in [0.5, 0.6) is 5.75 Å². The number of para-hydroxylation sites is 1. The molecule has 1 aromatic heterocycles. The van der Waals surface area contributed by atoms with Crippen LogP contribution in [-0.4, -0.2) is 28.9 Å². The second kappa shape index (κ2) is 12.4. The number of hydrogen-bond donors (Lipinski definition) is 2. The number of nitro groups is 1. The number of rotatable bonds is 9. The molecule has 0 fully saturated rings. The molecule has 4 aromatic rings. The zero-order valence-electron chi connectivity index (χ0n) is 20.1. The molecule has 0 atom stereocenters. The van der Waals surface area contributed by atoms with Gasteiger partial charge in [0.05, 0.1) is 17.4 Å². The largest absolute Gasteiger partial charge is 0.459 e. The molecule has 0 aliphatic carbocycles. The normalized spacial score (nSPS) is 10.9. The summed E-state index contributed by atoms with van der Waals surface area (Å²) in [6.45, 7) is 0. The first-order valence-corrected chi connectivity index (χ1v) is 11.4. The third-order valence-electron chi connectivity index (χ3n) is 5.12. The second-order valence-electron chi connectivity index (χ2n) is 7.86. The van der Waals surface area contributed by atoms with Gasteiger partial charge in [0.15, 0.2) is 5.76 Å². The van der Waals surface area contributed by atoms with Gasteiger partial charge in [0.25, 0.3) is 17.5 Å². The van der Waals surface area contributed by atoms with Crippen molar-refractivity contribution in [2.24, 2.45) is 5.10 Å². The van der Waals surface area contributed by atoms with Gasteiger partial charge in [-0.25, -0.2) is 10.2 Å². The number of furan rings is 1. The highest BCUT2D eigenvalue weighted by Crippen LogP contribution is 2.18. The van der Waals surface area contributed by atoms with Crippen LogP contribution in [-0.2, 0) is 4.79 Å². The molecule has 0 spiro atoms. The van der Waals surface area contributed by atoms with Crippen molar-refractivity contribution < 1.29 is 28.5 Å². The number of benzene rings is 3. The first kappa shape index (κ1) is 26.2. The summed E-state index contributed by atoms with van der Waals surface area (Å²) in [5.41, 5.74) is 3.80. The van der Waals surface area contributed by atoms with Gasteiger partial charge < -0.3 is 14.5 Å². The number of non-ortho nitro benzene ring substituents is 1. The fourth-order valence-electron chi connectivity index (χ4n) is 3.29. The summed E-state index contributed by atoms with van der Waals surface area (Å²) in [7, 11) is 0. The summed E-state index contributed by atoms with van der Waals surface area (Å²) in [5.74, 6) is -1.38. The molecule has 11 heteroatoms. The van der Waals surface area contributed by atoms with E-state index >= 15 is 0 Å². The molecule has 0 saturated carbocycles. The molecule has 0 saturated heterocycles. The molecule has 0 unspecified atom stereocenters. The first-order chi connectivity index (χ1) is 18.9. The predicted octanol–water partition coefficient (Wildman–Crippen LogP) is 4.82. The molecule has 0 aliphatic heterocycles. The van der Waals surface area contributed by atoms with E-state index in [0.29, 0.717) is 16.8 Å². The number of carbonyl (C=O) groups excluding carboxylic acids is 3. The lowest BCUT2D eigenvalue weighted by Gasteiger charge is -2.06. The number of esters is 1. The van der Waals surface area contributed by atoms with E-state index in [1.165, 1.54) is 48.9 Å². The fraction of sp³-hybridized carbons (Fsp3) is 0. The Morgan fingerprint density at radius 2 is 1.74 bits per heavy atom. The maximum atomic E-state index is 12.6. The Hall–Kier alpha value is -5.84. The minimum Gasteiger partial charge on any atom is -0.459 e. The topological polar surface area (TPSA) is 153 Å². The van der Waals surface area contributed by atoms with Crippen LogP contribution in [0.3, 0.4) is 0 Å². The summed E-state index contributed by atoms with van der Waals surface area (Å²) >= 11 is 0. The van der Waals surface area contributed by atoms with E-state index in [1.807, 2.05) is 0 Å². The lowest BCUT2D eigenvalue weighted by atomic mass is 10.2. The molecule has 0 aliphatic rings. The summed E-state index contributed by atoms with van der Waals surface area (Å²) in [5, 5.41) is 17.5. The molecule has 0 bridgehead atoms. The molecule has 194 valence electrons. The van der Waals surface area contributed by atoms with Crippen LogP contribution >= 0.6 is 0 Å². The third-order valence-corrected chi connectivity index (χ3v) is 5.12. The van der Waals surface area contributed by atoms with Crippen molar-refractivity contribution in [2.75, 3.05) is 5.32 Å². The summed E-state index contributed by atoms with van der Waals surface area (Å²) in [6, 6.07) is 21.7. The molecule has 11 nitrogen and oxygen atoms in total. The van der Waals surface area contributed by atoms with Crippen molar-refractivity contribution in [1.29, 1.82) is 0 Å². The van der Waals surface area contributed by atoms with Gasteiger partial charge in [-0.1, -0.05) is 30.3 Å². The molecule has 1 heterocycles. The Morgan fingerprint density at radius 1 is 0.923 bits per heavy atom. The Kier molecular flexibility index (Phi) is 8.35. The van der Waals surface area contributed by atoms with E-state index in [0.717, 1.165) is 6.08 Å². The Labute approximate surface area is 221 Å². The standard InChI is InChI=1S/C28H20N4O7/c33-26(14-13-19-6-3-10-23(16-19)32(36)37)39-24-11-2-1-7-21(24)18-29-31-27(34)20-8-4-9-22(17-20)30-28(35)25-12-5-15-38-25/h1-18H,(H,30,35)(H,31,34)/b14-13+,29-18?. The van der Waals surface area contributed by atoms with Crippen molar-refractivity contribution in [3.05, 3.63) is 130 Å². The Bertz CT molecular complexity index is 1580. The van der Waals surface area contributed by atoms with Crippen molar-refractivity contribution in [3.63, 3.8) is 0 Å². The van der Waals surface area contributed by atoms with Crippen LogP contribution < -0.4 is 15.5 Å². The average molecular weight is 524 g/mol. The van der Waals surface area contributed by atoms with Crippen molar-refractivity contribution in [3.8, 4) is 5.75 Å². The molecule has 3 aromatic carbocycles. The van der Waals surface area contributed by atoms with Crippen LogP contribution in [0.15, 0.2) is 107 Å². The minimum atomic E-state index is -0.709. The molecule has 4 rings (SSSR count). The average Bonchev–Trinajstić information content (AvgIpc) is 3.49. The van der Waals surface area contributed by atoms with Crippen molar-refractivity contribution in [2.45, 2.75) is 0 Å². The lowest BCUT2D eigenvalue weighted by Crippen LogP contribution is -2.18. The number of nitro benzene ring substituents is 1. The van der Waals surface area contributed by atoms with Crippen LogP contribution in [0.2, 0.25) is 0 Å². The van der Waals surface area contributed by atoms with E-state index < -0.39 is 22.7 Å². The van der Waals surface area contributed by atoms with Crippen LogP contribution in [0.1, 0.15) is 32.0 Å². The fourth-order valence-corrected chi connectivity index (χ4v) is 3.29. The molecule has 39 heavy (non-hydrogen) atoms. The van der Waals surface area contributed by atoms with Gasteiger partial charge >= 0.3 is 5.97 Å². The summed E-state index contributed by atoms with van der Waals surface area (Å²) < 4.78 is 10.4. The van der Waals surface area contributed by atoms with Gasteiger partial charge in [0.2, 0.25) is 0 Å². The molecule has 2 N–H and O–H groups in total. The second-order valence-corrected chi connectivity index (χ2v) is 7.86. The van der Waals surface area contributed by atoms with E-state index in [-0.39, 0.29) is 22.8 Å². The number of amides is 2. The molecule has 0 radical (unpaired) electrons. The Balaban J connectivity index is 1.37. The number of nitrogens with one attached hydrogen (secondary N) is 2. The van der Waals surface area contributed by atoms with Crippen LogP contribution in [0.25, 0.3) is 6.08 Å². The highest BCUT2D eigenvalue weighted by Gasteiger charge is 2.11.